The van der Waals surface area contributed by atoms with E-state index in [9.17, 15) is 8.78 Å². The van der Waals surface area contributed by atoms with Crippen LogP contribution in [0.3, 0.4) is 0 Å². The van der Waals surface area contributed by atoms with Gasteiger partial charge in [-0.15, -0.1) is 0 Å². The third-order valence-corrected chi connectivity index (χ3v) is 7.07. The minimum Gasteiger partial charge on any atom is -0.206 e. The Morgan fingerprint density at radius 1 is 0.821 bits per heavy atom. The fraction of sp³-hybridized carbons (Fsp3) is 0.692. The van der Waals surface area contributed by atoms with E-state index >= 15 is 0 Å². The largest absolute Gasteiger partial charge is 0.206 e. The number of rotatable bonds is 5. The molecule has 2 aliphatic carbocycles. The van der Waals surface area contributed by atoms with Crippen LogP contribution in [0.15, 0.2) is 12.1 Å². The maximum absolute atomic E-state index is 14.2. The number of aryl methyl sites for hydroxylation is 1. The second-order valence-corrected chi connectivity index (χ2v) is 9.13. The third kappa shape index (κ3) is 5.59. The molecule has 2 fully saturated rings. The van der Waals surface area contributed by atoms with Crippen LogP contribution in [0, 0.1) is 47.1 Å². The molecule has 154 valence electrons. The molecule has 28 heavy (non-hydrogen) atoms. The highest BCUT2D eigenvalue weighted by Gasteiger charge is 2.30. The van der Waals surface area contributed by atoms with Crippen molar-refractivity contribution >= 4 is 0 Å². The number of halogens is 2. The molecule has 0 nitrogen and oxygen atoms in total. The van der Waals surface area contributed by atoms with E-state index in [-0.39, 0.29) is 5.56 Å². The van der Waals surface area contributed by atoms with Gasteiger partial charge in [0.2, 0.25) is 0 Å². The number of hydrogen-bond acceptors (Lipinski definition) is 0. The Kier molecular flexibility index (Phi) is 7.95. The minimum absolute atomic E-state index is 0.0452. The van der Waals surface area contributed by atoms with Gasteiger partial charge in [0.25, 0.3) is 0 Å². The van der Waals surface area contributed by atoms with E-state index in [0.717, 1.165) is 42.6 Å². The molecule has 0 amide bonds. The third-order valence-electron chi connectivity index (χ3n) is 7.07. The monoisotopic (exact) mass is 386 g/mol. The van der Waals surface area contributed by atoms with Gasteiger partial charge in [-0.1, -0.05) is 57.8 Å². The lowest BCUT2D eigenvalue weighted by atomic mass is 9.69. The molecule has 0 saturated heterocycles. The summed E-state index contributed by atoms with van der Waals surface area (Å²) < 4.78 is 28.5. The van der Waals surface area contributed by atoms with Crippen LogP contribution in [0.2, 0.25) is 0 Å². The lowest BCUT2D eigenvalue weighted by molar-refractivity contribution is 0.154. The Morgan fingerprint density at radius 2 is 1.39 bits per heavy atom. The Morgan fingerprint density at radius 3 is 1.93 bits per heavy atom. The van der Waals surface area contributed by atoms with Gasteiger partial charge >= 0.3 is 0 Å². The van der Waals surface area contributed by atoms with Crippen molar-refractivity contribution in [3.8, 4) is 11.8 Å². The van der Waals surface area contributed by atoms with Gasteiger partial charge in [-0.25, -0.2) is 8.78 Å². The average molecular weight is 387 g/mol. The number of hydrogen-bond donors (Lipinski definition) is 0. The van der Waals surface area contributed by atoms with Gasteiger partial charge < -0.3 is 0 Å². The SMILES string of the molecule is CCCc1cc(F)c(C#CC2CCC(C3CCC(CCC)CC3)CC2)c(F)c1. The zero-order chi connectivity index (χ0) is 19.9. The summed E-state index contributed by atoms with van der Waals surface area (Å²) in [6, 6.07) is 2.89. The van der Waals surface area contributed by atoms with E-state index in [2.05, 4.69) is 18.8 Å². The molecule has 0 unspecified atom stereocenters. The van der Waals surface area contributed by atoms with Crippen LogP contribution in [0.5, 0.6) is 0 Å². The summed E-state index contributed by atoms with van der Waals surface area (Å²) in [5.74, 6) is 8.03. The van der Waals surface area contributed by atoms with Crippen LogP contribution in [-0.4, -0.2) is 0 Å². The van der Waals surface area contributed by atoms with Crippen molar-refractivity contribution < 1.29 is 8.78 Å². The van der Waals surface area contributed by atoms with Crippen LogP contribution in [-0.2, 0) is 6.42 Å². The Bertz CT molecular complexity index is 657. The van der Waals surface area contributed by atoms with Crippen LogP contribution >= 0.6 is 0 Å². The molecule has 0 heterocycles. The lowest BCUT2D eigenvalue weighted by Crippen LogP contribution is -2.25. The van der Waals surface area contributed by atoms with E-state index in [1.54, 1.807) is 0 Å². The fourth-order valence-corrected chi connectivity index (χ4v) is 5.44. The fourth-order valence-electron chi connectivity index (χ4n) is 5.44. The first-order valence-corrected chi connectivity index (χ1v) is 11.6. The smallest absolute Gasteiger partial charge is 0.142 e. The topological polar surface area (TPSA) is 0 Å². The predicted octanol–water partition coefficient (Wildman–Crippen LogP) is 7.68. The van der Waals surface area contributed by atoms with Crippen LogP contribution in [0.25, 0.3) is 0 Å². The van der Waals surface area contributed by atoms with E-state index in [1.807, 2.05) is 6.92 Å². The summed E-state index contributed by atoms with van der Waals surface area (Å²) in [5.41, 5.74) is 0.674. The average Bonchev–Trinajstić information content (AvgIpc) is 2.69. The van der Waals surface area contributed by atoms with Crippen LogP contribution < -0.4 is 0 Å². The first-order valence-electron chi connectivity index (χ1n) is 11.6. The molecule has 3 rings (SSSR count). The Hall–Kier alpha value is -1.36. The van der Waals surface area contributed by atoms with Gasteiger partial charge in [-0.05, 0) is 80.4 Å². The molecule has 2 heteroatoms. The molecule has 0 aromatic heterocycles. The van der Waals surface area contributed by atoms with Crippen molar-refractivity contribution in [2.24, 2.45) is 23.7 Å². The molecule has 1 aromatic carbocycles. The molecule has 0 spiro atoms. The van der Waals surface area contributed by atoms with Gasteiger partial charge in [0.15, 0.2) is 0 Å². The van der Waals surface area contributed by atoms with Gasteiger partial charge in [0, 0.05) is 5.92 Å². The molecule has 2 aliphatic rings. The van der Waals surface area contributed by atoms with Gasteiger partial charge in [-0.3, -0.25) is 0 Å². The van der Waals surface area contributed by atoms with Gasteiger partial charge in [-0.2, -0.15) is 0 Å². The second-order valence-electron chi connectivity index (χ2n) is 9.13. The molecule has 0 radical (unpaired) electrons. The van der Waals surface area contributed by atoms with Crippen molar-refractivity contribution in [2.75, 3.05) is 0 Å². The van der Waals surface area contributed by atoms with E-state index < -0.39 is 11.6 Å². The van der Waals surface area contributed by atoms with Crippen LogP contribution in [0.1, 0.15) is 95.6 Å². The highest BCUT2D eigenvalue weighted by molar-refractivity contribution is 5.39. The molecule has 1 aromatic rings. The zero-order valence-electron chi connectivity index (χ0n) is 17.7. The zero-order valence-corrected chi connectivity index (χ0v) is 17.7. The van der Waals surface area contributed by atoms with E-state index in [0.29, 0.717) is 12.3 Å². The van der Waals surface area contributed by atoms with Gasteiger partial charge in [0.1, 0.15) is 11.6 Å². The van der Waals surface area contributed by atoms with Crippen LogP contribution in [0.4, 0.5) is 8.78 Å². The molecular weight excluding hydrogens is 350 g/mol. The van der Waals surface area contributed by atoms with Gasteiger partial charge in [0.05, 0.1) is 5.56 Å². The predicted molar refractivity (Wildman–Crippen MR) is 113 cm³/mol. The summed E-state index contributed by atoms with van der Waals surface area (Å²) in [7, 11) is 0. The molecule has 0 aliphatic heterocycles. The van der Waals surface area contributed by atoms with E-state index in [4.69, 9.17) is 0 Å². The summed E-state index contributed by atoms with van der Waals surface area (Å²) in [5, 5.41) is 0. The Labute approximate surface area is 170 Å². The summed E-state index contributed by atoms with van der Waals surface area (Å²) >= 11 is 0. The second kappa shape index (κ2) is 10.4. The summed E-state index contributed by atoms with van der Waals surface area (Å²) in [4.78, 5) is 0. The van der Waals surface area contributed by atoms with E-state index in [1.165, 1.54) is 63.5 Å². The molecule has 0 bridgehead atoms. The van der Waals surface area contributed by atoms with Crippen molar-refractivity contribution in [2.45, 2.75) is 90.9 Å². The number of benzene rings is 1. The summed E-state index contributed by atoms with van der Waals surface area (Å²) in [6.07, 6.45) is 14.6. The summed E-state index contributed by atoms with van der Waals surface area (Å²) in [6.45, 7) is 4.31. The highest BCUT2D eigenvalue weighted by Crippen LogP contribution is 2.42. The highest BCUT2D eigenvalue weighted by atomic mass is 19.1. The van der Waals surface area contributed by atoms with Crippen molar-refractivity contribution in [3.05, 3.63) is 34.9 Å². The first kappa shape index (κ1) is 21.4. The standard InChI is InChI=1S/C26H36F2/c1-3-5-19-7-12-22(13-8-19)23-14-9-20(10-15-23)11-16-24-25(27)17-21(6-4-2)18-26(24)28/h17-20,22-23H,3-10,12-15H2,1-2H3. The maximum Gasteiger partial charge on any atom is 0.142 e. The minimum atomic E-state index is -0.506. The molecule has 2 saturated carbocycles. The normalized spacial score (nSPS) is 27.9. The molecule has 0 atom stereocenters. The first-order chi connectivity index (χ1) is 13.6. The Balaban J connectivity index is 1.52. The molecule has 0 N–H and O–H groups in total. The lowest BCUT2D eigenvalue weighted by Gasteiger charge is -2.37. The van der Waals surface area contributed by atoms with Crippen molar-refractivity contribution in [1.29, 1.82) is 0 Å². The molecular formula is C26H36F2. The maximum atomic E-state index is 14.2. The van der Waals surface area contributed by atoms with Crippen molar-refractivity contribution in [3.63, 3.8) is 0 Å². The van der Waals surface area contributed by atoms with Crippen molar-refractivity contribution in [1.82, 2.24) is 0 Å². The quantitative estimate of drug-likeness (QED) is 0.455.